The molecule has 19 heavy (non-hydrogen) atoms. The molecule has 0 spiro atoms. The Hall–Kier alpha value is -1.17. The number of hydrogen-bond acceptors (Lipinski definition) is 3. The number of amides is 1. The molecule has 0 radical (unpaired) electrons. The number of carbonyl (C=O) groups excluding carboxylic acids is 1. The maximum absolute atomic E-state index is 12.0. The van der Waals surface area contributed by atoms with Gasteiger partial charge in [0.25, 0.3) is 5.91 Å². The summed E-state index contributed by atoms with van der Waals surface area (Å²) in [5, 5.41) is 3.30. The summed E-state index contributed by atoms with van der Waals surface area (Å²) in [6.07, 6.45) is 0. The Morgan fingerprint density at radius 3 is 2.63 bits per heavy atom. The van der Waals surface area contributed by atoms with E-state index in [2.05, 4.69) is 31.2 Å². The zero-order chi connectivity index (χ0) is 14.0. The van der Waals surface area contributed by atoms with Gasteiger partial charge in [-0.15, -0.1) is 0 Å². The van der Waals surface area contributed by atoms with Gasteiger partial charge in [0.15, 0.2) is 0 Å². The second-order valence-corrected chi connectivity index (χ2v) is 5.39. The fourth-order valence-corrected chi connectivity index (χ4v) is 2.06. The van der Waals surface area contributed by atoms with E-state index in [1.165, 1.54) is 0 Å². The highest BCUT2D eigenvalue weighted by Crippen LogP contribution is 2.23. The lowest BCUT2D eigenvalue weighted by Gasteiger charge is -2.05. The third kappa shape index (κ3) is 3.65. The van der Waals surface area contributed by atoms with Gasteiger partial charge in [-0.1, -0.05) is 23.2 Å². The van der Waals surface area contributed by atoms with E-state index in [1.807, 2.05) is 0 Å². The van der Waals surface area contributed by atoms with Gasteiger partial charge >= 0.3 is 0 Å². The number of rotatable bonds is 2. The van der Waals surface area contributed by atoms with Crippen molar-refractivity contribution in [2.75, 3.05) is 5.32 Å². The fourth-order valence-electron chi connectivity index (χ4n) is 1.40. The Morgan fingerprint density at radius 1 is 1.26 bits per heavy atom. The summed E-state index contributed by atoms with van der Waals surface area (Å²) in [5.74, 6) is -0.190. The third-order valence-corrected chi connectivity index (χ3v) is 3.66. The molecule has 0 aliphatic carbocycles. The van der Waals surface area contributed by atoms with Crippen LogP contribution in [0.25, 0.3) is 0 Å². The number of hydrogen-bond donors (Lipinski definition) is 1. The summed E-state index contributed by atoms with van der Waals surface area (Å²) in [6, 6.07) is 6.50. The van der Waals surface area contributed by atoms with Gasteiger partial charge in [-0.3, -0.25) is 10.1 Å². The second kappa shape index (κ2) is 5.86. The van der Waals surface area contributed by atoms with E-state index in [4.69, 9.17) is 23.2 Å². The van der Waals surface area contributed by atoms with Crippen LogP contribution in [0, 0.1) is 6.92 Å². The molecule has 1 heterocycles. The lowest BCUT2D eigenvalue weighted by atomic mass is 10.2. The molecule has 0 saturated heterocycles. The summed E-state index contributed by atoms with van der Waals surface area (Å²) in [6.45, 7) is 1.76. The van der Waals surface area contributed by atoms with E-state index in [9.17, 15) is 4.79 Å². The van der Waals surface area contributed by atoms with E-state index in [1.54, 1.807) is 31.2 Å². The summed E-state index contributed by atoms with van der Waals surface area (Å²) in [7, 11) is 0. The number of benzene rings is 1. The van der Waals surface area contributed by atoms with Crippen molar-refractivity contribution in [1.29, 1.82) is 0 Å². The molecule has 0 aliphatic heterocycles. The molecule has 1 N–H and O–H groups in total. The van der Waals surface area contributed by atoms with Crippen LogP contribution >= 0.6 is 39.1 Å². The highest BCUT2D eigenvalue weighted by molar-refractivity contribution is 9.10. The smallest absolute Gasteiger partial charge is 0.258 e. The summed E-state index contributed by atoms with van der Waals surface area (Å²) < 4.78 is 0.723. The van der Waals surface area contributed by atoms with E-state index in [0.717, 1.165) is 4.47 Å². The Bertz CT molecular complexity index is 629. The van der Waals surface area contributed by atoms with Crippen LogP contribution in [-0.4, -0.2) is 15.9 Å². The standard InChI is InChI=1S/C12H8BrCl2N3O/c1-6-4-10(15)17-12(16-6)18-11(19)7-2-3-8(13)9(14)5-7/h2-5H,1H3,(H,16,17,18,19). The van der Waals surface area contributed by atoms with Gasteiger partial charge in [0, 0.05) is 15.7 Å². The molecule has 0 bridgehead atoms. The first-order chi connectivity index (χ1) is 8.95. The molecule has 2 rings (SSSR count). The molecule has 1 aromatic carbocycles. The minimum absolute atomic E-state index is 0.161. The predicted molar refractivity (Wildman–Crippen MR) is 78.9 cm³/mol. The van der Waals surface area contributed by atoms with Crippen LogP contribution in [0.5, 0.6) is 0 Å². The third-order valence-electron chi connectivity index (χ3n) is 2.23. The Kier molecular flexibility index (Phi) is 4.39. The van der Waals surface area contributed by atoms with Crippen LogP contribution in [0.3, 0.4) is 0 Å². The maximum Gasteiger partial charge on any atom is 0.258 e. The lowest BCUT2D eigenvalue weighted by molar-refractivity contribution is 0.102. The van der Waals surface area contributed by atoms with Gasteiger partial charge in [-0.2, -0.15) is 0 Å². The fraction of sp³-hybridized carbons (Fsp3) is 0.0833. The topological polar surface area (TPSA) is 54.9 Å². The van der Waals surface area contributed by atoms with Gasteiger partial charge < -0.3 is 0 Å². The molecule has 98 valence electrons. The molecule has 0 saturated carbocycles. The van der Waals surface area contributed by atoms with Crippen molar-refractivity contribution in [3.8, 4) is 0 Å². The zero-order valence-corrected chi connectivity index (χ0v) is 12.8. The molecule has 0 fully saturated rings. The van der Waals surface area contributed by atoms with Crippen LogP contribution < -0.4 is 5.32 Å². The minimum atomic E-state index is -0.351. The van der Waals surface area contributed by atoms with Gasteiger partial charge in [0.05, 0.1) is 5.02 Å². The van der Waals surface area contributed by atoms with Crippen LogP contribution in [0.15, 0.2) is 28.7 Å². The van der Waals surface area contributed by atoms with Crippen molar-refractivity contribution >= 4 is 51.0 Å². The van der Waals surface area contributed by atoms with Crippen molar-refractivity contribution in [3.63, 3.8) is 0 Å². The monoisotopic (exact) mass is 359 g/mol. The highest BCUT2D eigenvalue weighted by Gasteiger charge is 2.10. The number of aromatic nitrogens is 2. The van der Waals surface area contributed by atoms with Crippen molar-refractivity contribution in [1.82, 2.24) is 9.97 Å². The van der Waals surface area contributed by atoms with E-state index in [0.29, 0.717) is 16.3 Å². The van der Waals surface area contributed by atoms with Crippen molar-refractivity contribution in [2.24, 2.45) is 0 Å². The van der Waals surface area contributed by atoms with Crippen molar-refractivity contribution in [3.05, 3.63) is 50.2 Å². The SMILES string of the molecule is Cc1cc(Cl)nc(NC(=O)c2ccc(Br)c(Cl)c2)n1. The zero-order valence-electron chi connectivity index (χ0n) is 9.75. The first-order valence-electron chi connectivity index (χ1n) is 5.23. The van der Waals surface area contributed by atoms with E-state index >= 15 is 0 Å². The van der Waals surface area contributed by atoms with Crippen molar-refractivity contribution < 1.29 is 4.79 Å². The Balaban J connectivity index is 2.22. The quantitative estimate of drug-likeness (QED) is 0.820. The minimum Gasteiger partial charge on any atom is -0.290 e. The average Bonchev–Trinajstić information content (AvgIpc) is 2.31. The number of anilines is 1. The second-order valence-electron chi connectivity index (χ2n) is 3.74. The normalized spacial score (nSPS) is 10.3. The number of carbonyl (C=O) groups is 1. The molecule has 7 heteroatoms. The molecule has 0 aliphatic rings. The van der Waals surface area contributed by atoms with Gasteiger partial charge in [0.1, 0.15) is 5.15 Å². The molecule has 2 aromatic rings. The first-order valence-corrected chi connectivity index (χ1v) is 6.78. The molecule has 0 unspecified atom stereocenters. The molecular weight excluding hydrogens is 353 g/mol. The van der Waals surface area contributed by atoms with Gasteiger partial charge in [-0.25, -0.2) is 9.97 Å². The first kappa shape index (κ1) is 14.2. The largest absolute Gasteiger partial charge is 0.290 e. The average molecular weight is 361 g/mol. The van der Waals surface area contributed by atoms with Crippen LogP contribution in [0.2, 0.25) is 10.2 Å². The Morgan fingerprint density at radius 2 is 2.00 bits per heavy atom. The van der Waals surface area contributed by atoms with Crippen LogP contribution in [0.1, 0.15) is 16.1 Å². The lowest BCUT2D eigenvalue weighted by Crippen LogP contribution is -2.14. The van der Waals surface area contributed by atoms with E-state index < -0.39 is 0 Å². The summed E-state index contributed by atoms with van der Waals surface area (Å²) in [5.41, 5.74) is 1.08. The van der Waals surface area contributed by atoms with Crippen LogP contribution in [-0.2, 0) is 0 Å². The van der Waals surface area contributed by atoms with Gasteiger partial charge in [0.2, 0.25) is 5.95 Å². The molecule has 4 nitrogen and oxygen atoms in total. The summed E-state index contributed by atoms with van der Waals surface area (Å²) >= 11 is 15.0. The highest BCUT2D eigenvalue weighted by atomic mass is 79.9. The van der Waals surface area contributed by atoms with E-state index in [-0.39, 0.29) is 17.0 Å². The molecule has 1 amide bonds. The summed E-state index contributed by atoms with van der Waals surface area (Å²) in [4.78, 5) is 20.0. The van der Waals surface area contributed by atoms with Crippen LogP contribution in [0.4, 0.5) is 5.95 Å². The Labute approximate surface area is 128 Å². The molecule has 1 aromatic heterocycles. The van der Waals surface area contributed by atoms with Crippen molar-refractivity contribution in [2.45, 2.75) is 6.92 Å². The number of halogens is 3. The molecule has 0 atom stereocenters. The number of nitrogens with zero attached hydrogens (tertiary/aromatic N) is 2. The number of nitrogens with one attached hydrogen (secondary N) is 1. The van der Waals surface area contributed by atoms with Gasteiger partial charge in [-0.05, 0) is 47.1 Å². The number of aryl methyl sites for hydroxylation is 1. The predicted octanol–water partition coefficient (Wildman–Crippen LogP) is 4.11. The maximum atomic E-state index is 12.0. The molecular formula is C12H8BrCl2N3O.